The summed E-state index contributed by atoms with van der Waals surface area (Å²) in [5, 5.41) is 15.4. The average molecular weight is 406 g/mol. The van der Waals surface area contributed by atoms with E-state index in [1.54, 1.807) is 7.11 Å². The molecule has 1 aliphatic carbocycles. The molecule has 0 unspecified atom stereocenters. The molecule has 0 radical (unpaired) electrons. The van der Waals surface area contributed by atoms with Crippen molar-refractivity contribution in [2.45, 2.75) is 71.0 Å². The van der Waals surface area contributed by atoms with Crippen LogP contribution in [0.4, 0.5) is 0 Å². The van der Waals surface area contributed by atoms with Gasteiger partial charge in [-0.05, 0) is 64.5 Å². The summed E-state index contributed by atoms with van der Waals surface area (Å²) in [5.41, 5.74) is 0. The number of hydrogen-bond acceptors (Lipinski definition) is 5. The van der Waals surface area contributed by atoms with Crippen LogP contribution in [0.15, 0.2) is 4.99 Å². The van der Waals surface area contributed by atoms with Gasteiger partial charge in [0.15, 0.2) is 11.8 Å². The lowest BCUT2D eigenvalue weighted by molar-refractivity contribution is 0.105. The molecule has 0 amide bonds. The minimum Gasteiger partial charge on any atom is -0.383 e. The summed E-state index contributed by atoms with van der Waals surface area (Å²) in [7, 11) is 3.70. The van der Waals surface area contributed by atoms with Gasteiger partial charge in [0.1, 0.15) is 12.4 Å². The summed E-state index contributed by atoms with van der Waals surface area (Å²) in [6.45, 7) is 8.82. The monoisotopic (exact) mass is 405 g/mol. The van der Waals surface area contributed by atoms with E-state index in [1.807, 2.05) is 18.5 Å². The molecular weight excluding hydrogens is 366 g/mol. The van der Waals surface area contributed by atoms with E-state index in [-0.39, 0.29) is 0 Å². The van der Waals surface area contributed by atoms with Crippen molar-refractivity contribution in [1.82, 2.24) is 30.3 Å². The first-order valence-corrected chi connectivity index (χ1v) is 11.2. The molecule has 0 spiro atoms. The van der Waals surface area contributed by atoms with E-state index in [2.05, 4.69) is 32.7 Å². The summed E-state index contributed by atoms with van der Waals surface area (Å²) in [6.07, 6.45) is 7.68. The number of nitrogens with one attached hydrogen (secondary N) is 2. The van der Waals surface area contributed by atoms with Gasteiger partial charge in [-0.15, -0.1) is 10.2 Å². The third-order valence-corrected chi connectivity index (χ3v) is 6.53. The molecule has 1 saturated carbocycles. The number of aryl methyl sites for hydroxylation is 1. The predicted molar refractivity (Wildman–Crippen MR) is 116 cm³/mol. The minimum atomic E-state index is 0.477. The minimum absolute atomic E-state index is 0.477. The van der Waals surface area contributed by atoms with Gasteiger partial charge in [-0.3, -0.25) is 0 Å². The highest BCUT2D eigenvalue weighted by Gasteiger charge is 2.28. The van der Waals surface area contributed by atoms with E-state index >= 15 is 0 Å². The molecule has 1 saturated heterocycles. The molecule has 0 aromatic carbocycles. The molecule has 164 valence electrons. The second-order valence-electron chi connectivity index (χ2n) is 8.68. The second kappa shape index (κ2) is 10.9. The molecule has 8 nitrogen and oxygen atoms in total. The van der Waals surface area contributed by atoms with Crippen LogP contribution in [0.3, 0.4) is 0 Å². The number of aliphatic imine (C=N–C) groups is 1. The molecule has 0 atom stereocenters. The van der Waals surface area contributed by atoms with E-state index < -0.39 is 0 Å². The fourth-order valence-electron chi connectivity index (χ4n) is 4.33. The van der Waals surface area contributed by atoms with Gasteiger partial charge in [0.05, 0.1) is 6.61 Å². The SMILES string of the molecule is COCCNC(=NCc1nnc(C)n1C)NC1CCC(N2CCC(C)CC2)CC1. The van der Waals surface area contributed by atoms with E-state index in [0.29, 0.717) is 19.2 Å². The van der Waals surface area contributed by atoms with Crippen LogP contribution in [-0.4, -0.2) is 71.1 Å². The van der Waals surface area contributed by atoms with E-state index in [9.17, 15) is 0 Å². The zero-order chi connectivity index (χ0) is 20.6. The summed E-state index contributed by atoms with van der Waals surface area (Å²) in [5.74, 6) is 3.53. The lowest BCUT2D eigenvalue weighted by Crippen LogP contribution is -2.49. The Bertz CT molecular complexity index is 643. The third kappa shape index (κ3) is 6.40. The molecular formula is C21H39N7O. The van der Waals surface area contributed by atoms with E-state index in [4.69, 9.17) is 9.73 Å². The van der Waals surface area contributed by atoms with Gasteiger partial charge >= 0.3 is 0 Å². The number of ether oxygens (including phenoxy) is 1. The quantitative estimate of drug-likeness (QED) is 0.409. The first kappa shape index (κ1) is 22.0. The van der Waals surface area contributed by atoms with Crippen molar-refractivity contribution in [3.05, 3.63) is 11.6 Å². The van der Waals surface area contributed by atoms with Crippen LogP contribution in [0.1, 0.15) is 57.1 Å². The number of piperidine rings is 1. The summed E-state index contributed by atoms with van der Waals surface area (Å²) in [6, 6.07) is 1.24. The van der Waals surface area contributed by atoms with Crippen LogP contribution in [-0.2, 0) is 18.3 Å². The van der Waals surface area contributed by atoms with Gasteiger partial charge in [0.25, 0.3) is 0 Å². The van der Waals surface area contributed by atoms with Crippen molar-refractivity contribution in [2.24, 2.45) is 18.0 Å². The molecule has 2 heterocycles. The largest absolute Gasteiger partial charge is 0.383 e. The predicted octanol–water partition coefficient (Wildman–Crippen LogP) is 1.85. The normalized spacial score (nSPS) is 24.6. The number of methoxy groups -OCH3 is 1. The fraction of sp³-hybridized carbons (Fsp3) is 0.857. The maximum absolute atomic E-state index is 5.18. The smallest absolute Gasteiger partial charge is 0.192 e. The second-order valence-corrected chi connectivity index (χ2v) is 8.68. The Kier molecular flexibility index (Phi) is 8.29. The molecule has 2 fully saturated rings. The number of hydrogen-bond donors (Lipinski definition) is 2. The highest BCUT2D eigenvalue weighted by molar-refractivity contribution is 5.80. The lowest BCUT2D eigenvalue weighted by Gasteiger charge is -2.40. The van der Waals surface area contributed by atoms with Crippen LogP contribution in [0, 0.1) is 12.8 Å². The maximum atomic E-state index is 5.18. The Morgan fingerprint density at radius 2 is 1.86 bits per heavy atom. The van der Waals surface area contributed by atoms with Gasteiger partial charge in [-0.25, -0.2) is 4.99 Å². The highest BCUT2D eigenvalue weighted by Crippen LogP contribution is 2.27. The Balaban J connectivity index is 1.51. The average Bonchev–Trinajstić information content (AvgIpc) is 3.05. The standard InChI is InChI=1S/C21H39N7O/c1-16-9-12-28(13-10-16)19-7-5-18(6-8-19)24-21(22-11-14-29-4)23-15-20-26-25-17(2)27(20)3/h16,18-19H,5-15H2,1-4H3,(H2,22,23,24). The first-order chi connectivity index (χ1) is 14.1. The number of rotatable bonds is 7. The summed E-state index contributed by atoms with van der Waals surface area (Å²) >= 11 is 0. The van der Waals surface area contributed by atoms with E-state index in [1.165, 1.54) is 51.6 Å². The molecule has 2 N–H and O–H groups in total. The Morgan fingerprint density at radius 1 is 1.14 bits per heavy atom. The third-order valence-electron chi connectivity index (χ3n) is 6.53. The summed E-state index contributed by atoms with van der Waals surface area (Å²) in [4.78, 5) is 7.49. The molecule has 1 aliphatic heterocycles. The van der Waals surface area contributed by atoms with Crippen LogP contribution >= 0.6 is 0 Å². The number of likely N-dealkylation sites (tertiary alicyclic amines) is 1. The van der Waals surface area contributed by atoms with Crippen LogP contribution in [0.2, 0.25) is 0 Å². The topological polar surface area (TPSA) is 79.6 Å². The molecule has 3 rings (SSSR count). The van der Waals surface area contributed by atoms with Crippen molar-refractivity contribution in [1.29, 1.82) is 0 Å². The molecule has 29 heavy (non-hydrogen) atoms. The Hall–Kier alpha value is -1.67. The van der Waals surface area contributed by atoms with Crippen LogP contribution in [0.5, 0.6) is 0 Å². The van der Waals surface area contributed by atoms with Gasteiger partial charge in [0.2, 0.25) is 0 Å². The Morgan fingerprint density at radius 3 is 2.48 bits per heavy atom. The van der Waals surface area contributed by atoms with Gasteiger partial charge in [-0.2, -0.15) is 0 Å². The van der Waals surface area contributed by atoms with Crippen LogP contribution in [0.25, 0.3) is 0 Å². The van der Waals surface area contributed by atoms with Gasteiger partial charge in [-0.1, -0.05) is 6.92 Å². The van der Waals surface area contributed by atoms with Gasteiger partial charge in [0, 0.05) is 32.8 Å². The summed E-state index contributed by atoms with van der Waals surface area (Å²) < 4.78 is 7.17. The van der Waals surface area contributed by atoms with E-state index in [0.717, 1.165) is 36.1 Å². The fourth-order valence-corrected chi connectivity index (χ4v) is 4.33. The molecule has 1 aromatic heterocycles. The highest BCUT2D eigenvalue weighted by atomic mass is 16.5. The van der Waals surface area contributed by atoms with Crippen molar-refractivity contribution in [2.75, 3.05) is 33.4 Å². The van der Waals surface area contributed by atoms with Crippen molar-refractivity contribution in [3.8, 4) is 0 Å². The maximum Gasteiger partial charge on any atom is 0.192 e. The number of aromatic nitrogens is 3. The van der Waals surface area contributed by atoms with Crippen molar-refractivity contribution >= 4 is 5.96 Å². The molecule has 2 aliphatic rings. The molecule has 0 bridgehead atoms. The first-order valence-electron chi connectivity index (χ1n) is 11.2. The number of nitrogens with zero attached hydrogens (tertiary/aromatic N) is 5. The van der Waals surface area contributed by atoms with Crippen LogP contribution < -0.4 is 10.6 Å². The lowest BCUT2D eigenvalue weighted by atomic mass is 9.88. The zero-order valence-corrected chi connectivity index (χ0v) is 18.7. The van der Waals surface area contributed by atoms with Crippen molar-refractivity contribution in [3.63, 3.8) is 0 Å². The zero-order valence-electron chi connectivity index (χ0n) is 18.7. The van der Waals surface area contributed by atoms with Gasteiger partial charge < -0.3 is 24.8 Å². The van der Waals surface area contributed by atoms with Crippen molar-refractivity contribution < 1.29 is 4.74 Å². The number of guanidine groups is 1. The Labute approximate surface area is 175 Å². The molecule has 8 heteroatoms. The molecule has 1 aromatic rings.